The van der Waals surface area contributed by atoms with E-state index in [1.165, 1.54) is 11.3 Å². The third-order valence-electron chi connectivity index (χ3n) is 4.20. The first-order chi connectivity index (χ1) is 11.2. The van der Waals surface area contributed by atoms with Crippen molar-refractivity contribution in [2.24, 2.45) is 0 Å². The number of anilines is 1. The first kappa shape index (κ1) is 16.1. The normalized spacial score (nSPS) is 18.7. The third-order valence-corrected chi connectivity index (χ3v) is 5.31. The summed E-state index contributed by atoms with van der Waals surface area (Å²) in [5.41, 5.74) is 0.804. The van der Waals surface area contributed by atoms with Gasteiger partial charge in [0.05, 0.1) is 18.0 Å². The fourth-order valence-electron chi connectivity index (χ4n) is 3.08. The van der Waals surface area contributed by atoms with Crippen molar-refractivity contribution < 1.29 is 9.21 Å². The van der Waals surface area contributed by atoms with Gasteiger partial charge in [-0.3, -0.25) is 4.79 Å². The average molecular weight is 333 g/mol. The number of aromatic nitrogens is 1. The fraction of sp³-hybridized carbons (Fsp3) is 0.529. The molecule has 2 aromatic heterocycles. The second-order valence-electron chi connectivity index (χ2n) is 5.84. The molecule has 1 atom stereocenters. The number of carbonyl (C=O) groups excluding carboxylic acids is 1. The number of carbonyl (C=O) groups is 1. The van der Waals surface area contributed by atoms with Crippen LogP contribution in [0.25, 0.3) is 0 Å². The highest BCUT2D eigenvalue weighted by Gasteiger charge is 2.31. The minimum atomic E-state index is 0.0316. The molecule has 3 rings (SSSR count). The van der Waals surface area contributed by atoms with Crippen LogP contribution in [0.15, 0.2) is 22.8 Å². The molecule has 0 radical (unpaired) electrons. The minimum absolute atomic E-state index is 0.0316. The van der Waals surface area contributed by atoms with Crippen LogP contribution in [0.4, 0.5) is 5.13 Å². The van der Waals surface area contributed by atoms with Gasteiger partial charge in [0, 0.05) is 13.1 Å². The number of rotatable bonds is 4. The lowest BCUT2D eigenvalue weighted by Gasteiger charge is -2.28. The number of thiazole rings is 1. The molecular formula is C17H23N3O2S. The Hall–Kier alpha value is -1.82. The molecule has 0 bridgehead atoms. The number of furan rings is 1. The Morgan fingerprint density at radius 1 is 1.48 bits per heavy atom. The van der Waals surface area contributed by atoms with E-state index in [2.05, 4.69) is 10.3 Å². The molecule has 3 heterocycles. The molecule has 1 saturated heterocycles. The number of nitrogens with one attached hydrogen (secondary N) is 1. The van der Waals surface area contributed by atoms with Crippen LogP contribution in [0, 0.1) is 6.92 Å². The van der Waals surface area contributed by atoms with Crippen molar-refractivity contribution >= 4 is 22.4 Å². The summed E-state index contributed by atoms with van der Waals surface area (Å²) < 4.78 is 5.60. The predicted molar refractivity (Wildman–Crippen MR) is 92.0 cm³/mol. The fourth-order valence-corrected chi connectivity index (χ4v) is 4.07. The molecule has 1 fully saturated rings. The lowest BCUT2D eigenvalue weighted by Crippen LogP contribution is -2.34. The minimum Gasteiger partial charge on any atom is -0.467 e. The van der Waals surface area contributed by atoms with E-state index in [1.807, 2.05) is 30.9 Å². The average Bonchev–Trinajstić information content (AvgIpc) is 3.11. The molecule has 5 nitrogen and oxygen atoms in total. The van der Waals surface area contributed by atoms with E-state index in [4.69, 9.17) is 4.42 Å². The van der Waals surface area contributed by atoms with Crippen molar-refractivity contribution in [3.05, 3.63) is 34.7 Å². The standard InChI is InChI=1S/C17H23N3O2S/c1-3-18-17-19-12(2)15(23-17)16(21)20-10-6-4-5-8-13(20)14-9-7-11-22-14/h7,9,11,13H,3-6,8,10H2,1-2H3,(H,18,19). The van der Waals surface area contributed by atoms with E-state index in [0.29, 0.717) is 0 Å². The van der Waals surface area contributed by atoms with Crippen molar-refractivity contribution in [3.8, 4) is 0 Å². The first-order valence-electron chi connectivity index (χ1n) is 8.26. The molecule has 0 spiro atoms. The molecule has 0 saturated carbocycles. The van der Waals surface area contributed by atoms with Crippen LogP contribution >= 0.6 is 11.3 Å². The molecule has 1 amide bonds. The highest BCUT2D eigenvalue weighted by atomic mass is 32.1. The summed E-state index contributed by atoms with van der Waals surface area (Å²) in [6, 6.07) is 3.90. The molecule has 0 aliphatic carbocycles. The molecule has 2 aromatic rings. The van der Waals surface area contributed by atoms with E-state index in [0.717, 1.165) is 60.2 Å². The van der Waals surface area contributed by atoms with Gasteiger partial charge in [-0.25, -0.2) is 4.98 Å². The van der Waals surface area contributed by atoms with Crippen LogP contribution in [0.2, 0.25) is 0 Å². The molecule has 1 unspecified atom stereocenters. The number of amides is 1. The van der Waals surface area contributed by atoms with Gasteiger partial charge in [0.2, 0.25) is 0 Å². The monoisotopic (exact) mass is 333 g/mol. The van der Waals surface area contributed by atoms with Gasteiger partial charge in [-0.2, -0.15) is 0 Å². The highest BCUT2D eigenvalue weighted by molar-refractivity contribution is 7.17. The lowest BCUT2D eigenvalue weighted by molar-refractivity contribution is 0.0662. The van der Waals surface area contributed by atoms with E-state index in [-0.39, 0.29) is 11.9 Å². The predicted octanol–water partition coefficient (Wildman–Crippen LogP) is 4.23. The highest BCUT2D eigenvalue weighted by Crippen LogP contribution is 2.33. The van der Waals surface area contributed by atoms with Gasteiger partial charge >= 0.3 is 0 Å². The van der Waals surface area contributed by atoms with Crippen molar-refractivity contribution in [3.63, 3.8) is 0 Å². The zero-order valence-electron chi connectivity index (χ0n) is 13.7. The van der Waals surface area contributed by atoms with E-state index in [9.17, 15) is 4.79 Å². The van der Waals surface area contributed by atoms with Gasteiger partial charge < -0.3 is 14.6 Å². The van der Waals surface area contributed by atoms with Crippen molar-refractivity contribution in [1.82, 2.24) is 9.88 Å². The van der Waals surface area contributed by atoms with E-state index in [1.54, 1.807) is 6.26 Å². The van der Waals surface area contributed by atoms with Gasteiger partial charge in [0.15, 0.2) is 5.13 Å². The van der Waals surface area contributed by atoms with Gasteiger partial charge in [-0.05, 0) is 38.8 Å². The zero-order chi connectivity index (χ0) is 16.2. The smallest absolute Gasteiger partial charge is 0.266 e. The lowest BCUT2D eigenvalue weighted by atomic mass is 10.1. The maximum atomic E-state index is 13.1. The van der Waals surface area contributed by atoms with Gasteiger partial charge in [-0.1, -0.05) is 24.2 Å². The van der Waals surface area contributed by atoms with Crippen LogP contribution in [0.1, 0.15) is 59.8 Å². The Morgan fingerprint density at radius 3 is 3.09 bits per heavy atom. The van der Waals surface area contributed by atoms with E-state index < -0.39 is 0 Å². The largest absolute Gasteiger partial charge is 0.467 e. The Labute approximate surface area is 140 Å². The summed E-state index contributed by atoms with van der Waals surface area (Å²) in [5.74, 6) is 0.960. The van der Waals surface area contributed by atoms with Crippen LogP contribution < -0.4 is 5.32 Å². The summed E-state index contributed by atoms with van der Waals surface area (Å²) in [7, 11) is 0. The summed E-state index contributed by atoms with van der Waals surface area (Å²) in [6.07, 6.45) is 5.97. The van der Waals surface area contributed by atoms with Gasteiger partial charge in [-0.15, -0.1) is 0 Å². The molecule has 0 aromatic carbocycles. The zero-order valence-corrected chi connectivity index (χ0v) is 14.5. The SMILES string of the molecule is CCNc1nc(C)c(C(=O)N2CCCCCC2c2ccco2)s1. The second kappa shape index (κ2) is 7.17. The quantitative estimate of drug-likeness (QED) is 0.909. The molecule has 1 aliphatic heterocycles. The van der Waals surface area contributed by atoms with Gasteiger partial charge in [0.25, 0.3) is 5.91 Å². The Kier molecular flexibility index (Phi) is 5.00. The number of hydrogen-bond acceptors (Lipinski definition) is 5. The molecule has 6 heteroatoms. The van der Waals surface area contributed by atoms with Crippen LogP contribution in [-0.4, -0.2) is 28.9 Å². The molecule has 23 heavy (non-hydrogen) atoms. The molecule has 124 valence electrons. The summed E-state index contributed by atoms with van der Waals surface area (Å²) >= 11 is 1.45. The van der Waals surface area contributed by atoms with Crippen LogP contribution in [0.3, 0.4) is 0 Å². The Bertz CT molecular complexity index is 651. The van der Waals surface area contributed by atoms with Crippen molar-refractivity contribution in [2.45, 2.75) is 45.6 Å². The maximum absolute atomic E-state index is 13.1. The summed E-state index contributed by atoms with van der Waals surface area (Å²) in [4.78, 5) is 20.3. The molecule has 1 N–H and O–H groups in total. The second-order valence-corrected chi connectivity index (χ2v) is 6.84. The van der Waals surface area contributed by atoms with Crippen LogP contribution in [0.5, 0.6) is 0 Å². The summed E-state index contributed by atoms with van der Waals surface area (Å²) in [5, 5.41) is 4.01. The molecular weight excluding hydrogens is 310 g/mol. The van der Waals surface area contributed by atoms with E-state index >= 15 is 0 Å². The van der Waals surface area contributed by atoms with Crippen molar-refractivity contribution in [1.29, 1.82) is 0 Å². The van der Waals surface area contributed by atoms with Gasteiger partial charge in [0.1, 0.15) is 10.6 Å². The number of likely N-dealkylation sites (tertiary alicyclic amines) is 1. The Balaban J connectivity index is 1.88. The summed E-state index contributed by atoms with van der Waals surface area (Å²) in [6.45, 7) is 5.52. The van der Waals surface area contributed by atoms with Crippen LogP contribution in [-0.2, 0) is 0 Å². The number of nitrogens with zero attached hydrogens (tertiary/aromatic N) is 2. The number of hydrogen-bond donors (Lipinski definition) is 1. The Morgan fingerprint density at radius 2 is 2.35 bits per heavy atom. The number of aryl methyl sites for hydroxylation is 1. The van der Waals surface area contributed by atoms with Crippen molar-refractivity contribution in [2.75, 3.05) is 18.4 Å². The third kappa shape index (κ3) is 3.42. The molecule has 1 aliphatic rings. The topological polar surface area (TPSA) is 58.4 Å². The first-order valence-corrected chi connectivity index (χ1v) is 9.08. The maximum Gasteiger partial charge on any atom is 0.266 e.